The lowest BCUT2D eigenvalue weighted by Crippen LogP contribution is -2.56. The highest BCUT2D eigenvalue weighted by Crippen LogP contribution is 2.20. The Morgan fingerprint density at radius 1 is 1.30 bits per heavy atom. The minimum absolute atomic E-state index is 0.373. The fraction of sp³-hybridized carbons (Fsp3) is 0.800. The second-order valence-electron chi connectivity index (χ2n) is 6.58. The Kier molecular flexibility index (Phi) is 6.37. The number of amides is 2. The molecule has 132 valence electrons. The number of aliphatic hydroxyl groups excluding tert-OH is 1. The first-order chi connectivity index (χ1) is 10.6. The number of methoxy groups -OCH3 is 1. The highest BCUT2D eigenvalue weighted by molar-refractivity contribution is 5.90. The molecule has 0 aromatic rings. The molecule has 0 spiro atoms. The molecule has 1 fully saturated rings. The highest BCUT2D eigenvalue weighted by Gasteiger charge is 2.40. The van der Waals surface area contributed by atoms with Gasteiger partial charge in [-0.2, -0.15) is 0 Å². The average molecular weight is 330 g/mol. The summed E-state index contributed by atoms with van der Waals surface area (Å²) in [6.07, 6.45) is -0.776. The van der Waals surface area contributed by atoms with Crippen LogP contribution in [0.1, 0.15) is 40.5 Å². The average Bonchev–Trinajstić information content (AvgIpc) is 2.90. The lowest BCUT2D eigenvalue weighted by atomic mass is 10.1. The lowest BCUT2D eigenvalue weighted by Gasteiger charge is -2.30. The van der Waals surface area contributed by atoms with Gasteiger partial charge in [0.2, 0.25) is 5.91 Å². The molecule has 1 heterocycles. The number of hydrogen-bond acceptors (Lipinski definition) is 6. The van der Waals surface area contributed by atoms with Crippen LogP contribution in [0.4, 0.5) is 4.79 Å². The Hall–Kier alpha value is -1.83. The van der Waals surface area contributed by atoms with Crippen LogP contribution in [0.25, 0.3) is 0 Å². The third kappa shape index (κ3) is 5.38. The van der Waals surface area contributed by atoms with Gasteiger partial charge in [0.1, 0.15) is 17.7 Å². The summed E-state index contributed by atoms with van der Waals surface area (Å²) in [5, 5.41) is 12.2. The number of ether oxygens (including phenoxy) is 2. The van der Waals surface area contributed by atoms with E-state index in [-0.39, 0.29) is 0 Å². The van der Waals surface area contributed by atoms with Gasteiger partial charge in [-0.05, 0) is 40.5 Å². The zero-order valence-electron chi connectivity index (χ0n) is 14.3. The summed E-state index contributed by atoms with van der Waals surface area (Å²) < 4.78 is 9.80. The van der Waals surface area contributed by atoms with E-state index in [1.807, 2.05) is 0 Å². The van der Waals surface area contributed by atoms with Crippen LogP contribution >= 0.6 is 0 Å². The van der Waals surface area contributed by atoms with Gasteiger partial charge >= 0.3 is 12.1 Å². The number of carbonyl (C=O) groups excluding carboxylic acids is 3. The number of carbonyl (C=O) groups is 3. The van der Waals surface area contributed by atoms with Gasteiger partial charge in [-0.25, -0.2) is 9.59 Å². The van der Waals surface area contributed by atoms with Crippen LogP contribution in [-0.4, -0.2) is 65.4 Å². The fourth-order valence-corrected chi connectivity index (χ4v) is 2.41. The van der Waals surface area contributed by atoms with Crippen LogP contribution in [-0.2, 0) is 19.1 Å². The summed E-state index contributed by atoms with van der Waals surface area (Å²) in [6.45, 7) is 6.85. The molecule has 1 aliphatic rings. The SMILES string of the molecule is COC(=O)C1CCCN1C(=O)C(NC(=O)OC(C)(C)C)C(C)O. The number of esters is 1. The van der Waals surface area contributed by atoms with Crippen molar-refractivity contribution in [1.82, 2.24) is 10.2 Å². The van der Waals surface area contributed by atoms with Crippen molar-refractivity contribution in [3.8, 4) is 0 Å². The van der Waals surface area contributed by atoms with Gasteiger partial charge in [-0.15, -0.1) is 0 Å². The van der Waals surface area contributed by atoms with Crippen LogP contribution < -0.4 is 5.32 Å². The largest absolute Gasteiger partial charge is 0.467 e. The fourth-order valence-electron chi connectivity index (χ4n) is 2.41. The first-order valence-corrected chi connectivity index (χ1v) is 7.62. The molecule has 0 aliphatic carbocycles. The van der Waals surface area contributed by atoms with E-state index in [0.717, 1.165) is 0 Å². The second kappa shape index (κ2) is 7.63. The van der Waals surface area contributed by atoms with Crippen molar-refractivity contribution in [2.75, 3.05) is 13.7 Å². The van der Waals surface area contributed by atoms with Crippen LogP contribution in [0.15, 0.2) is 0 Å². The minimum Gasteiger partial charge on any atom is -0.467 e. The molecule has 0 saturated carbocycles. The van der Waals surface area contributed by atoms with Crippen molar-refractivity contribution in [2.24, 2.45) is 0 Å². The quantitative estimate of drug-likeness (QED) is 0.724. The van der Waals surface area contributed by atoms with Crippen molar-refractivity contribution in [2.45, 2.75) is 64.3 Å². The van der Waals surface area contributed by atoms with E-state index < -0.39 is 41.8 Å². The number of nitrogens with one attached hydrogen (secondary N) is 1. The zero-order chi connectivity index (χ0) is 17.8. The molecular formula is C15H26N2O6. The number of alkyl carbamates (subject to hydrolysis) is 1. The summed E-state index contributed by atoms with van der Waals surface area (Å²) >= 11 is 0. The summed E-state index contributed by atoms with van der Waals surface area (Å²) in [6, 6.07) is -1.87. The molecule has 23 heavy (non-hydrogen) atoms. The number of hydrogen-bond donors (Lipinski definition) is 2. The second-order valence-corrected chi connectivity index (χ2v) is 6.58. The van der Waals surface area contributed by atoms with Crippen LogP contribution in [0.5, 0.6) is 0 Å². The third-order valence-electron chi connectivity index (χ3n) is 3.43. The van der Waals surface area contributed by atoms with Crippen molar-refractivity contribution in [3.05, 3.63) is 0 Å². The predicted molar refractivity (Wildman–Crippen MR) is 81.6 cm³/mol. The van der Waals surface area contributed by atoms with Gasteiger partial charge in [0, 0.05) is 6.54 Å². The van der Waals surface area contributed by atoms with Gasteiger partial charge in [0.05, 0.1) is 13.2 Å². The maximum atomic E-state index is 12.6. The van der Waals surface area contributed by atoms with Crippen molar-refractivity contribution < 1.29 is 29.0 Å². The van der Waals surface area contributed by atoms with Gasteiger partial charge in [-0.3, -0.25) is 4.79 Å². The molecule has 1 saturated heterocycles. The maximum Gasteiger partial charge on any atom is 0.408 e. The molecule has 2 N–H and O–H groups in total. The monoisotopic (exact) mass is 330 g/mol. The van der Waals surface area contributed by atoms with E-state index in [4.69, 9.17) is 9.47 Å². The molecule has 0 bridgehead atoms. The minimum atomic E-state index is -1.19. The molecule has 0 aromatic heterocycles. The van der Waals surface area contributed by atoms with Crippen molar-refractivity contribution in [3.63, 3.8) is 0 Å². The van der Waals surface area contributed by atoms with Gasteiger partial charge in [0.15, 0.2) is 0 Å². The van der Waals surface area contributed by atoms with E-state index in [9.17, 15) is 19.5 Å². The lowest BCUT2D eigenvalue weighted by molar-refractivity contribution is -0.152. The van der Waals surface area contributed by atoms with Crippen LogP contribution in [0.2, 0.25) is 0 Å². The standard InChI is InChI=1S/C15H26N2O6/c1-9(18)11(16-14(21)23-15(2,3)4)12(19)17-8-6-7-10(17)13(20)22-5/h9-11,18H,6-8H2,1-5H3,(H,16,21). The predicted octanol–water partition coefficient (Wildman–Crippen LogP) is 0.424. The summed E-state index contributed by atoms with van der Waals surface area (Å²) in [7, 11) is 1.26. The molecule has 1 aliphatic heterocycles. The van der Waals surface area contributed by atoms with E-state index >= 15 is 0 Å². The Balaban J connectivity index is 2.82. The smallest absolute Gasteiger partial charge is 0.408 e. The van der Waals surface area contributed by atoms with Crippen molar-refractivity contribution >= 4 is 18.0 Å². The molecule has 8 heteroatoms. The topological polar surface area (TPSA) is 105 Å². The van der Waals surface area contributed by atoms with Gasteiger partial charge in [0.25, 0.3) is 0 Å². The Labute approximate surface area is 136 Å². The number of aliphatic hydroxyl groups is 1. The Morgan fingerprint density at radius 3 is 2.39 bits per heavy atom. The first kappa shape index (κ1) is 19.2. The number of rotatable bonds is 4. The van der Waals surface area contributed by atoms with E-state index in [1.54, 1.807) is 20.8 Å². The molecule has 1 rings (SSSR count). The van der Waals surface area contributed by atoms with E-state index in [2.05, 4.69) is 5.32 Å². The van der Waals surface area contributed by atoms with Crippen molar-refractivity contribution in [1.29, 1.82) is 0 Å². The van der Waals surface area contributed by atoms with Crippen LogP contribution in [0, 0.1) is 0 Å². The Bertz CT molecular complexity index is 457. The summed E-state index contributed by atoms with van der Waals surface area (Å²) in [5.74, 6) is -1.03. The first-order valence-electron chi connectivity index (χ1n) is 7.62. The normalized spacial score (nSPS) is 20.6. The maximum absolute atomic E-state index is 12.6. The summed E-state index contributed by atoms with van der Waals surface area (Å²) in [4.78, 5) is 37.5. The zero-order valence-corrected chi connectivity index (χ0v) is 14.3. The summed E-state index contributed by atoms with van der Waals surface area (Å²) in [5.41, 5.74) is -0.724. The van der Waals surface area contributed by atoms with Crippen LogP contribution in [0.3, 0.4) is 0 Å². The number of nitrogens with zero attached hydrogens (tertiary/aromatic N) is 1. The van der Waals surface area contributed by atoms with E-state index in [1.165, 1.54) is 18.9 Å². The molecular weight excluding hydrogens is 304 g/mol. The molecule has 8 nitrogen and oxygen atoms in total. The Morgan fingerprint density at radius 2 is 1.91 bits per heavy atom. The highest BCUT2D eigenvalue weighted by atomic mass is 16.6. The molecule has 0 radical (unpaired) electrons. The third-order valence-corrected chi connectivity index (χ3v) is 3.43. The van der Waals surface area contributed by atoms with Gasteiger partial charge < -0.3 is 24.8 Å². The molecule has 2 amide bonds. The molecule has 0 aromatic carbocycles. The number of likely N-dealkylation sites (tertiary alicyclic amines) is 1. The van der Waals surface area contributed by atoms with Gasteiger partial charge in [-0.1, -0.05) is 0 Å². The molecule has 3 unspecified atom stereocenters. The molecule has 3 atom stereocenters. The van der Waals surface area contributed by atoms with E-state index in [0.29, 0.717) is 19.4 Å².